The fourth-order valence-corrected chi connectivity index (χ4v) is 5.14. The van der Waals surface area contributed by atoms with Gasteiger partial charge in [0.2, 0.25) is 15.9 Å². The lowest BCUT2D eigenvalue weighted by atomic mass is 10.2. The van der Waals surface area contributed by atoms with Gasteiger partial charge in [0, 0.05) is 31.9 Å². The number of piperidine rings is 1. The monoisotopic (exact) mass is 411 g/mol. The third-order valence-electron chi connectivity index (χ3n) is 4.93. The van der Waals surface area contributed by atoms with Crippen LogP contribution in [0.4, 0.5) is 5.69 Å². The molecule has 0 aliphatic carbocycles. The third-order valence-corrected chi connectivity index (χ3v) is 6.85. The van der Waals surface area contributed by atoms with E-state index in [0.717, 1.165) is 19.3 Å². The van der Waals surface area contributed by atoms with Gasteiger partial charge in [0.1, 0.15) is 10.6 Å². The van der Waals surface area contributed by atoms with Gasteiger partial charge in [0.05, 0.1) is 26.4 Å². The van der Waals surface area contributed by atoms with Gasteiger partial charge < -0.3 is 14.8 Å². The van der Waals surface area contributed by atoms with Crippen LogP contribution < -0.4 is 10.1 Å². The Morgan fingerprint density at radius 1 is 1.14 bits per heavy atom. The molecule has 1 amide bonds. The number of rotatable bonds is 7. The van der Waals surface area contributed by atoms with Crippen molar-refractivity contribution in [1.82, 2.24) is 9.21 Å². The minimum Gasteiger partial charge on any atom is -0.492 e. The van der Waals surface area contributed by atoms with E-state index in [0.29, 0.717) is 57.4 Å². The molecule has 0 unspecified atom stereocenters. The van der Waals surface area contributed by atoms with Gasteiger partial charge in [-0.05, 0) is 38.0 Å². The van der Waals surface area contributed by atoms with Crippen LogP contribution >= 0.6 is 0 Å². The first-order valence-electron chi connectivity index (χ1n) is 9.87. The maximum atomic E-state index is 13.1. The van der Waals surface area contributed by atoms with Crippen molar-refractivity contribution >= 4 is 21.6 Å². The van der Waals surface area contributed by atoms with Crippen LogP contribution in [0.5, 0.6) is 5.75 Å². The number of sulfonamides is 1. The number of nitrogens with one attached hydrogen (secondary N) is 1. The number of anilines is 1. The molecule has 156 valence electrons. The predicted molar refractivity (Wildman–Crippen MR) is 106 cm³/mol. The minimum absolute atomic E-state index is 0.112. The highest BCUT2D eigenvalue weighted by Gasteiger charge is 2.29. The number of amides is 1. The zero-order valence-corrected chi connectivity index (χ0v) is 17.2. The molecular formula is C19H29N3O5S. The van der Waals surface area contributed by atoms with E-state index in [4.69, 9.17) is 9.47 Å². The normalized spacial score (nSPS) is 19.3. The number of morpholine rings is 1. The Labute approximate surface area is 166 Å². The van der Waals surface area contributed by atoms with Gasteiger partial charge in [-0.1, -0.05) is 6.42 Å². The van der Waals surface area contributed by atoms with Crippen LogP contribution in [0.1, 0.15) is 26.2 Å². The first kappa shape index (κ1) is 21.0. The molecule has 0 aromatic heterocycles. The molecule has 1 N–H and O–H groups in total. The molecule has 2 aliphatic heterocycles. The molecule has 28 heavy (non-hydrogen) atoms. The number of hydrogen-bond donors (Lipinski definition) is 1. The van der Waals surface area contributed by atoms with Gasteiger partial charge in [0.15, 0.2) is 0 Å². The summed E-state index contributed by atoms with van der Waals surface area (Å²) >= 11 is 0. The van der Waals surface area contributed by atoms with E-state index in [1.807, 2.05) is 11.8 Å². The Morgan fingerprint density at radius 2 is 1.86 bits per heavy atom. The molecule has 3 rings (SSSR count). The van der Waals surface area contributed by atoms with Crippen molar-refractivity contribution in [2.45, 2.75) is 31.1 Å². The van der Waals surface area contributed by atoms with E-state index in [2.05, 4.69) is 5.32 Å². The second kappa shape index (κ2) is 9.69. The highest BCUT2D eigenvalue weighted by molar-refractivity contribution is 7.89. The Bertz CT molecular complexity index is 772. The van der Waals surface area contributed by atoms with Crippen LogP contribution in [0.15, 0.2) is 23.1 Å². The summed E-state index contributed by atoms with van der Waals surface area (Å²) in [4.78, 5) is 14.5. The van der Waals surface area contributed by atoms with E-state index >= 15 is 0 Å². The summed E-state index contributed by atoms with van der Waals surface area (Å²) in [5.41, 5.74) is 0.456. The lowest BCUT2D eigenvalue weighted by molar-refractivity contribution is -0.118. The fourth-order valence-electron chi connectivity index (χ4n) is 3.47. The van der Waals surface area contributed by atoms with Gasteiger partial charge >= 0.3 is 0 Å². The molecule has 2 fully saturated rings. The van der Waals surface area contributed by atoms with E-state index in [1.165, 1.54) is 10.4 Å². The number of carbonyl (C=O) groups is 1. The quantitative estimate of drug-likeness (QED) is 0.732. The molecule has 9 heteroatoms. The predicted octanol–water partition coefficient (Wildman–Crippen LogP) is 1.53. The van der Waals surface area contributed by atoms with Crippen molar-refractivity contribution in [2.75, 3.05) is 57.9 Å². The molecule has 1 aromatic rings. The topological polar surface area (TPSA) is 88.2 Å². The molecule has 2 aliphatic rings. The molecule has 0 radical (unpaired) electrons. The highest BCUT2D eigenvalue weighted by atomic mass is 32.2. The van der Waals surface area contributed by atoms with Gasteiger partial charge in [0.25, 0.3) is 0 Å². The van der Waals surface area contributed by atoms with Crippen molar-refractivity contribution in [1.29, 1.82) is 0 Å². The number of carbonyl (C=O) groups excluding carboxylic acids is 1. The Hall–Kier alpha value is -1.68. The van der Waals surface area contributed by atoms with Crippen LogP contribution in [0, 0.1) is 0 Å². The molecular weight excluding hydrogens is 382 g/mol. The zero-order valence-electron chi connectivity index (χ0n) is 16.4. The van der Waals surface area contributed by atoms with E-state index in [-0.39, 0.29) is 17.3 Å². The number of benzene rings is 1. The lowest BCUT2D eigenvalue weighted by Crippen LogP contribution is -2.41. The number of ether oxygens (including phenoxy) is 2. The average molecular weight is 412 g/mol. The summed E-state index contributed by atoms with van der Waals surface area (Å²) in [6.07, 6.45) is 2.76. The number of nitrogens with zero attached hydrogens (tertiary/aromatic N) is 2. The lowest BCUT2D eigenvalue weighted by Gasteiger charge is -2.27. The molecule has 8 nitrogen and oxygen atoms in total. The molecule has 2 saturated heterocycles. The fraction of sp³-hybridized carbons (Fsp3) is 0.632. The summed E-state index contributed by atoms with van der Waals surface area (Å²) in [7, 11) is -3.67. The number of hydrogen-bond acceptors (Lipinski definition) is 6. The zero-order chi connectivity index (χ0) is 20.0. The second-order valence-corrected chi connectivity index (χ2v) is 8.90. The summed E-state index contributed by atoms with van der Waals surface area (Å²) in [5.74, 6) is 0.145. The molecule has 1 aromatic carbocycles. The van der Waals surface area contributed by atoms with E-state index in [1.54, 1.807) is 12.1 Å². The Balaban J connectivity index is 1.77. The SMILES string of the molecule is CCOc1ccc(NC(=O)CN2CCOCC2)cc1S(=O)(=O)N1CCCCC1. The van der Waals surface area contributed by atoms with Crippen LogP contribution in [-0.4, -0.2) is 76.1 Å². The second-order valence-electron chi connectivity index (χ2n) is 7.00. The van der Waals surface area contributed by atoms with Gasteiger partial charge in [-0.25, -0.2) is 8.42 Å². The first-order chi connectivity index (χ1) is 13.5. The third kappa shape index (κ3) is 5.22. The van der Waals surface area contributed by atoms with Crippen LogP contribution in [0.3, 0.4) is 0 Å². The van der Waals surface area contributed by atoms with E-state index in [9.17, 15) is 13.2 Å². The summed E-state index contributed by atoms with van der Waals surface area (Å²) < 4.78 is 38.6. The van der Waals surface area contributed by atoms with Gasteiger partial charge in [-0.3, -0.25) is 9.69 Å². The van der Waals surface area contributed by atoms with Crippen LogP contribution in [0.25, 0.3) is 0 Å². The summed E-state index contributed by atoms with van der Waals surface area (Å²) in [6.45, 7) is 6.13. The molecule has 0 bridgehead atoms. The van der Waals surface area contributed by atoms with Gasteiger partial charge in [-0.15, -0.1) is 0 Å². The van der Waals surface area contributed by atoms with Crippen LogP contribution in [0.2, 0.25) is 0 Å². The maximum Gasteiger partial charge on any atom is 0.246 e. The standard InChI is InChI=1S/C19H29N3O5S/c1-2-27-17-7-6-16(20-19(23)15-21-10-12-26-13-11-21)14-18(17)28(24,25)22-8-4-3-5-9-22/h6-7,14H,2-5,8-13,15H2,1H3,(H,20,23). The van der Waals surface area contributed by atoms with Crippen molar-refractivity contribution in [2.24, 2.45) is 0 Å². The van der Waals surface area contributed by atoms with E-state index < -0.39 is 10.0 Å². The van der Waals surface area contributed by atoms with Crippen molar-refractivity contribution in [3.63, 3.8) is 0 Å². The van der Waals surface area contributed by atoms with Crippen molar-refractivity contribution in [3.8, 4) is 5.75 Å². The summed E-state index contributed by atoms with van der Waals surface area (Å²) in [5, 5.41) is 2.81. The largest absolute Gasteiger partial charge is 0.492 e. The summed E-state index contributed by atoms with van der Waals surface area (Å²) in [6, 6.07) is 4.80. The molecule has 0 saturated carbocycles. The molecule has 0 atom stereocenters. The Kier molecular flexibility index (Phi) is 7.28. The molecule has 0 spiro atoms. The first-order valence-corrected chi connectivity index (χ1v) is 11.3. The molecule has 2 heterocycles. The van der Waals surface area contributed by atoms with Gasteiger partial charge in [-0.2, -0.15) is 4.31 Å². The van der Waals surface area contributed by atoms with Crippen molar-refractivity contribution < 1.29 is 22.7 Å². The average Bonchev–Trinajstić information content (AvgIpc) is 2.70. The maximum absolute atomic E-state index is 13.1. The van der Waals surface area contributed by atoms with Crippen LogP contribution in [-0.2, 0) is 19.6 Å². The Morgan fingerprint density at radius 3 is 2.54 bits per heavy atom. The van der Waals surface area contributed by atoms with Crippen molar-refractivity contribution in [3.05, 3.63) is 18.2 Å². The highest BCUT2D eigenvalue weighted by Crippen LogP contribution is 2.31. The smallest absolute Gasteiger partial charge is 0.246 e. The minimum atomic E-state index is -3.67.